The van der Waals surface area contributed by atoms with Crippen LogP contribution in [0.1, 0.15) is 12.7 Å². The van der Waals surface area contributed by atoms with Crippen LogP contribution >= 0.6 is 0 Å². The Bertz CT molecular complexity index is 381. The van der Waals surface area contributed by atoms with Gasteiger partial charge in [0.25, 0.3) is 0 Å². The van der Waals surface area contributed by atoms with E-state index < -0.39 is 0 Å². The lowest BCUT2D eigenvalue weighted by Gasteiger charge is -2.37. The first kappa shape index (κ1) is 13.2. The minimum absolute atomic E-state index is 0.514. The van der Waals surface area contributed by atoms with E-state index in [-0.39, 0.29) is 0 Å². The molecule has 2 heterocycles. The zero-order valence-electron chi connectivity index (χ0n) is 11.6. The van der Waals surface area contributed by atoms with Gasteiger partial charge >= 0.3 is 0 Å². The van der Waals surface area contributed by atoms with E-state index in [9.17, 15) is 0 Å². The Morgan fingerprint density at radius 2 is 2.22 bits per heavy atom. The number of nitrogens with zero attached hydrogens (tertiary/aromatic N) is 4. The highest BCUT2D eigenvalue weighted by Crippen LogP contribution is 2.11. The summed E-state index contributed by atoms with van der Waals surface area (Å²) in [5.74, 6) is 1.86. The molecule has 5 heteroatoms. The summed E-state index contributed by atoms with van der Waals surface area (Å²) >= 11 is 0. The molecule has 1 N–H and O–H groups in total. The SMILES string of the molecule is CCNc1ccnc(CC2CN(C)CCN2C)n1. The van der Waals surface area contributed by atoms with Gasteiger partial charge < -0.3 is 15.1 Å². The van der Waals surface area contributed by atoms with Crippen LogP contribution < -0.4 is 5.32 Å². The maximum Gasteiger partial charge on any atom is 0.132 e. The molecule has 0 radical (unpaired) electrons. The molecule has 0 amide bonds. The fourth-order valence-corrected chi connectivity index (χ4v) is 2.31. The van der Waals surface area contributed by atoms with Gasteiger partial charge in [-0.05, 0) is 27.1 Å². The van der Waals surface area contributed by atoms with Crippen LogP contribution in [-0.4, -0.2) is 66.1 Å². The molecule has 5 nitrogen and oxygen atoms in total. The Morgan fingerprint density at radius 1 is 1.39 bits per heavy atom. The van der Waals surface area contributed by atoms with Crippen molar-refractivity contribution in [2.45, 2.75) is 19.4 Å². The van der Waals surface area contributed by atoms with Crippen molar-refractivity contribution in [2.75, 3.05) is 45.6 Å². The van der Waals surface area contributed by atoms with Crippen molar-refractivity contribution in [3.8, 4) is 0 Å². The molecule has 0 spiro atoms. The lowest BCUT2D eigenvalue weighted by molar-refractivity contribution is 0.113. The third kappa shape index (κ3) is 3.40. The van der Waals surface area contributed by atoms with Crippen LogP contribution in [0.4, 0.5) is 5.82 Å². The molecule has 1 atom stereocenters. The van der Waals surface area contributed by atoms with E-state index in [4.69, 9.17) is 0 Å². The number of likely N-dealkylation sites (N-methyl/N-ethyl adjacent to an activating group) is 2. The molecule has 100 valence electrons. The molecule has 1 aliphatic rings. The van der Waals surface area contributed by atoms with Crippen LogP contribution in [0.5, 0.6) is 0 Å². The van der Waals surface area contributed by atoms with E-state index in [1.54, 1.807) is 0 Å². The van der Waals surface area contributed by atoms with Crippen molar-refractivity contribution in [3.63, 3.8) is 0 Å². The summed E-state index contributed by atoms with van der Waals surface area (Å²) in [6, 6.07) is 2.43. The van der Waals surface area contributed by atoms with Gasteiger partial charge in [0.15, 0.2) is 0 Å². The third-order valence-electron chi connectivity index (χ3n) is 3.46. The summed E-state index contributed by atoms with van der Waals surface area (Å²) in [4.78, 5) is 13.7. The Balaban J connectivity index is 2.01. The highest BCUT2D eigenvalue weighted by atomic mass is 15.3. The quantitative estimate of drug-likeness (QED) is 0.851. The van der Waals surface area contributed by atoms with E-state index in [1.165, 1.54) is 0 Å². The molecule has 0 aromatic carbocycles. The Hall–Kier alpha value is -1.20. The Kier molecular flexibility index (Phi) is 4.49. The fourth-order valence-electron chi connectivity index (χ4n) is 2.31. The lowest BCUT2D eigenvalue weighted by Crippen LogP contribution is -2.50. The first-order chi connectivity index (χ1) is 8.69. The highest BCUT2D eigenvalue weighted by Gasteiger charge is 2.23. The van der Waals surface area contributed by atoms with E-state index in [1.807, 2.05) is 12.3 Å². The van der Waals surface area contributed by atoms with E-state index in [2.05, 4.69) is 46.1 Å². The van der Waals surface area contributed by atoms with Gasteiger partial charge in [-0.2, -0.15) is 0 Å². The van der Waals surface area contributed by atoms with Gasteiger partial charge in [-0.15, -0.1) is 0 Å². The molecule has 1 aromatic heterocycles. The maximum atomic E-state index is 4.55. The molecular weight excluding hydrogens is 226 g/mol. The van der Waals surface area contributed by atoms with Crippen LogP contribution in [0, 0.1) is 0 Å². The average Bonchev–Trinajstić information content (AvgIpc) is 2.35. The zero-order valence-corrected chi connectivity index (χ0v) is 11.6. The first-order valence-corrected chi connectivity index (χ1v) is 6.63. The average molecular weight is 249 g/mol. The van der Waals surface area contributed by atoms with Crippen LogP contribution in [0.3, 0.4) is 0 Å². The van der Waals surface area contributed by atoms with Gasteiger partial charge in [-0.25, -0.2) is 9.97 Å². The highest BCUT2D eigenvalue weighted by molar-refractivity contribution is 5.32. The van der Waals surface area contributed by atoms with Crippen LogP contribution in [0.15, 0.2) is 12.3 Å². The molecule has 0 bridgehead atoms. The second kappa shape index (κ2) is 6.11. The van der Waals surface area contributed by atoms with E-state index in [0.717, 1.165) is 44.2 Å². The summed E-state index contributed by atoms with van der Waals surface area (Å²) in [7, 11) is 4.36. The Labute approximate surface area is 109 Å². The van der Waals surface area contributed by atoms with Crippen molar-refractivity contribution < 1.29 is 0 Å². The standard InChI is InChI=1S/C13H23N5/c1-4-14-12-5-6-15-13(16-12)9-11-10-17(2)7-8-18(11)3/h5-6,11H,4,7-10H2,1-3H3,(H,14,15,16). The topological polar surface area (TPSA) is 44.3 Å². The summed E-state index contributed by atoms with van der Waals surface area (Å²) in [5, 5.41) is 3.23. The smallest absolute Gasteiger partial charge is 0.132 e. The minimum atomic E-state index is 0.514. The monoisotopic (exact) mass is 249 g/mol. The number of aromatic nitrogens is 2. The van der Waals surface area contributed by atoms with Gasteiger partial charge in [-0.1, -0.05) is 0 Å². The number of nitrogens with one attached hydrogen (secondary N) is 1. The van der Waals surface area contributed by atoms with Gasteiger partial charge in [-0.3, -0.25) is 0 Å². The molecule has 0 aliphatic carbocycles. The van der Waals surface area contributed by atoms with Crippen LogP contribution in [0.25, 0.3) is 0 Å². The maximum absolute atomic E-state index is 4.55. The largest absolute Gasteiger partial charge is 0.370 e. The predicted molar refractivity (Wildman–Crippen MR) is 73.8 cm³/mol. The third-order valence-corrected chi connectivity index (χ3v) is 3.46. The van der Waals surface area contributed by atoms with Gasteiger partial charge in [0.2, 0.25) is 0 Å². The van der Waals surface area contributed by atoms with Gasteiger partial charge in [0.1, 0.15) is 11.6 Å². The number of rotatable bonds is 4. The predicted octanol–water partition coefficient (Wildman–Crippen LogP) is 0.697. The molecule has 18 heavy (non-hydrogen) atoms. The molecule has 1 aliphatic heterocycles. The summed E-state index contributed by atoms with van der Waals surface area (Å²) in [6.07, 6.45) is 2.76. The van der Waals surface area contributed by atoms with Crippen LogP contribution in [0.2, 0.25) is 0 Å². The normalized spacial score (nSPS) is 22.1. The second-order valence-corrected chi connectivity index (χ2v) is 4.99. The van der Waals surface area contributed by atoms with Crippen molar-refractivity contribution in [2.24, 2.45) is 0 Å². The molecule has 1 unspecified atom stereocenters. The van der Waals surface area contributed by atoms with E-state index >= 15 is 0 Å². The molecule has 1 fully saturated rings. The first-order valence-electron chi connectivity index (χ1n) is 6.63. The molecule has 2 rings (SSSR count). The molecule has 1 saturated heterocycles. The van der Waals surface area contributed by atoms with Gasteiger partial charge in [0.05, 0.1) is 0 Å². The summed E-state index contributed by atoms with van der Waals surface area (Å²) < 4.78 is 0. The van der Waals surface area contributed by atoms with E-state index in [0.29, 0.717) is 6.04 Å². The summed E-state index contributed by atoms with van der Waals surface area (Å²) in [6.45, 7) is 6.32. The number of hydrogen-bond acceptors (Lipinski definition) is 5. The molecule has 0 saturated carbocycles. The lowest BCUT2D eigenvalue weighted by atomic mass is 10.1. The Morgan fingerprint density at radius 3 is 3.00 bits per heavy atom. The fraction of sp³-hybridized carbons (Fsp3) is 0.692. The molecule has 1 aromatic rings. The van der Waals surface area contributed by atoms with Crippen molar-refractivity contribution in [3.05, 3.63) is 18.1 Å². The number of anilines is 1. The number of piperazine rings is 1. The molecular formula is C13H23N5. The number of hydrogen-bond donors (Lipinski definition) is 1. The minimum Gasteiger partial charge on any atom is -0.370 e. The van der Waals surface area contributed by atoms with Crippen molar-refractivity contribution >= 4 is 5.82 Å². The van der Waals surface area contributed by atoms with Crippen molar-refractivity contribution in [1.29, 1.82) is 0 Å². The van der Waals surface area contributed by atoms with Gasteiger partial charge in [0, 0.05) is 44.8 Å². The second-order valence-electron chi connectivity index (χ2n) is 4.99. The summed E-state index contributed by atoms with van der Waals surface area (Å²) in [5.41, 5.74) is 0. The zero-order chi connectivity index (χ0) is 13.0. The van der Waals surface area contributed by atoms with Crippen LogP contribution in [-0.2, 0) is 6.42 Å². The van der Waals surface area contributed by atoms with Crippen molar-refractivity contribution in [1.82, 2.24) is 19.8 Å².